The van der Waals surface area contributed by atoms with Gasteiger partial charge in [0.2, 0.25) is 0 Å². The van der Waals surface area contributed by atoms with E-state index in [4.69, 9.17) is 10.2 Å². The average molecular weight is 195 g/mol. The van der Waals surface area contributed by atoms with Crippen molar-refractivity contribution in [2.75, 3.05) is 13.2 Å². The van der Waals surface area contributed by atoms with Crippen molar-refractivity contribution in [3.8, 4) is 5.75 Å². The molecule has 0 amide bonds. The summed E-state index contributed by atoms with van der Waals surface area (Å²) in [4.78, 5) is 0. The number of hydrogen-bond acceptors (Lipinski definition) is 3. The van der Waals surface area contributed by atoms with E-state index in [0.717, 1.165) is 18.5 Å². The molecule has 3 N–H and O–H groups in total. The number of aliphatic hydroxyl groups is 1. The number of hydrogen-bond donors (Lipinski definition) is 3. The Morgan fingerprint density at radius 1 is 1.29 bits per heavy atom. The molecule has 0 aliphatic carbocycles. The lowest BCUT2D eigenvalue weighted by Crippen LogP contribution is -2.20. The highest BCUT2D eigenvalue weighted by molar-refractivity contribution is 5.27. The van der Waals surface area contributed by atoms with Crippen molar-refractivity contribution in [1.29, 1.82) is 0 Å². The van der Waals surface area contributed by atoms with E-state index in [1.54, 1.807) is 12.1 Å². The molecule has 0 spiro atoms. The minimum Gasteiger partial charge on any atom is -0.508 e. The van der Waals surface area contributed by atoms with Gasteiger partial charge in [0.25, 0.3) is 0 Å². The highest BCUT2D eigenvalue weighted by Gasteiger charge is 2.03. The lowest BCUT2D eigenvalue weighted by molar-refractivity contribution is 0.284. The normalized spacial score (nSPS) is 12.7. The van der Waals surface area contributed by atoms with Gasteiger partial charge in [-0.05, 0) is 37.6 Å². The van der Waals surface area contributed by atoms with E-state index >= 15 is 0 Å². The largest absolute Gasteiger partial charge is 0.508 e. The molecule has 1 aromatic rings. The number of phenols is 1. The lowest BCUT2D eigenvalue weighted by atomic mass is 10.1. The smallest absolute Gasteiger partial charge is 0.115 e. The first-order chi connectivity index (χ1) is 6.74. The standard InChI is InChI=1S/C11H17NO2/c1-9(12-7-2-8-13)10-3-5-11(14)6-4-10/h3-6,9,12-14H,2,7-8H2,1H3. The first kappa shape index (κ1) is 11.0. The van der Waals surface area contributed by atoms with Gasteiger partial charge >= 0.3 is 0 Å². The zero-order chi connectivity index (χ0) is 10.4. The summed E-state index contributed by atoms with van der Waals surface area (Å²) in [5, 5.41) is 21.0. The fourth-order valence-electron chi connectivity index (χ4n) is 1.28. The molecule has 1 unspecified atom stereocenters. The van der Waals surface area contributed by atoms with Crippen molar-refractivity contribution in [1.82, 2.24) is 5.32 Å². The van der Waals surface area contributed by atoms with Crippen LogP contribution in [0.3, 0.4) is 0 Å². The Bertz CT molecular complexity index is 258. The SMILES string of the molecule is CC(NCCCO)c1ccc(O)cc1. The molecule has 0 saturated carbocycles. The van der Waals surface area contributed by atoms with Gasteiger partial charge in [-0.2, -0.15) is 0 Å². The number of rotatable bonds is 5. The molecule has 0 bridgehead atoms. The molecular formula is C11H17NO2. The van der Waals surface area contributed by atoms with Gasteiger partial charge in [0.05, 0.1) is 0 Å². The van der Waals surface area contributed by atoms with Crippen LogP contribution < -0.4 is 5.32 Å². The van der Waals surface area contributed by atoms with Gasteiger partial charge in [-0.25, -0.2) is 0 Å². The summed E-state index contributed by atoms with van der Waals surface area (Å²) in [6, 6.07) is 7.40. The third-order valence-corrected chi connectivity index (χ3v) is 2.18. The fraction of sp³-hybridized carbons (Fsp3) is 0.455. The van der Waals surface area contributed by atoms with Crippen molar-refractivity contribution in [2.24, 2.45) is 0 Å². The summed E-state index contributed by atoms with van der Waals surface area (Å²) >= 11 is 0. The topological polar surface area (TPSA) is 52.5 Å². The van der Waals surface area contributed by atoms with Crippen LogP contribution in [-0.2, 0) is 0 Å². The summed E-state index contributed by atoms with van der Waals surface area (Å²) < 4.78 is 0. The Balaban J connectivity index is 2.43. The van der Waals surface area contributed by atoms with Crippen LogP contribution in [0.4, 0.5) is 0 Å². The van der Waals surface area contributed by atoms with E-state index < -0.39 is 0 Å². The number of aromatic hydroxyl groups is 1. The molecule has 0 aliphatic rings. The maximum absolute atomic E-state index is 9.10. The van der Waals surface area contributed by atoms with Gasteiger partial charge in [0.1, 0.15) is 5.75 Å². The van der Waals surface area contributed by atoms with Crippen LogP contribution in [0.5, 0.6) is 5.75 Å². The summed E-state index contributed by atoms with van der Waals surface area (Å²) in [5.74, 6) is 0.288. The van der Waals surface area contributed by atoms with E-state index in [2.05, 4.69) is 12.2 Å². The molecule has 0 aliphatic heterocycles. The first-order valence-corrected chi connectivity index (χ1v) is 4.87. The molecule has 0 aromatic heterocycles. The average Bonchev–Trinajstić information content (AvgIpc) is 2.19. The molecule has 14 heavy (non-hydrogen) atoms. The molecule has 1 atom stereocenters. The summed E-state index contributed by atoms with van der Waals surface area (Å²) in [7, 11) is 0. The van der Waals surface area contributed by atoms with Crippen LogP contribution in [0.1, 0.15) is 24.9 Å². The number of benzene rings is 1. The second kappa shape index (κ2) is 5.62. The van der Waals surface area contributed by atoms with Crippen molar-refractivity contribution in [3.63, 3.8) is 0 Å². The Kier molecular flexibility index (Phi) is 4.43. The van der Waals surface area contributed by atoms with Crippen molar-refractivity contribution >= 4 is 0 Å². The third-order valence-electron chi connectivity index (χ3n) is 2.18. The van der Waals surface area contributed by atoms with Gasteiger partial charge in [0.15, 0.2) is 0 Å². The van der Waals surface area contributed by atoms with Crippen LogP contribution in [0.25, 0.3) is 0 Å². The van der Waals surface area contributed by atoms with Crippen LogP contribution in [0.2, 0.25) is 0 Å². The van der Waals surface area contributed by atoms with E-state index in [1.807, 2.05) is 12.1 Å². The summed E-state index contributed by atoms with van der Waals surface area (Å²) in [6.45, 7) is 3.08. The maximum Gasteiger partial charge on any atom is 0.115 e. The van der Waals surface area contributed by atoms with Crippen LogP contribution >= 0.6 is 0 Å². The van der Waals surface area contributed by atoms with Gasteiger partial charge in [0, 0.05) is 12.6 Å². The first-order valence-electron chi connectivity index (χ1n) is 4.87. The van der Waals surface area contributed by atoms with Gasteiger partial charge in [-0.3, -0.25) is 0 Å². The summed E-state index contributed by atoms with van der Waals surface area (Å²) in [6.07, 6.45) is 0.766. The Hall–Kier alpha value is -1.06. The second-order valence-corrected chi connectivity index (χ2v) is 3.34. The molecule has 1 aromatic carbocycles. The van der Waals surface area contributed by atoms with Gasteiger partial charge in [-0.1, -0.05) is 12.1 Å². The predicted octanol–water partition coefficient (Wildman–Crippen LogP) is 1.43. The minimum atomic E-state index is 0.218. The monoisotopic (exact) mass is 195 g/mol. The third kappa shape index (κ3) is 3.36. The summed E-state index contributed by atoms with van der Waals surface area (Å²) in [5.41, 5.74) is 1.14. The van der Waals surface area contributed by atoms with Crippen LogP contribution in [0.15, 0.2) is 24.3 Å². The van der Waals surface area contributed by atoms with Crippen molar-refractivity contribution in [2.45, 2.75) is 19.4 Å². The van der Waals surface area contributed by atoms with Crippen LogP contribution in [-0.4, -0.2) is 23.4 Å². The molecule has 1 rings (SSSR count). The molecule has 0 radical (unpaired) electrons. The molecule has 0 heterocycles. The minimum absolute atomic E-state index is 0.218. The molecule has 0 fully saturated rings. The van der Waals surface area contributed by atoms with Gasteiger partial charge in [-0.15, -0.1) is 0 Å². The second-order valence-electron chi connectivity index (χ2n) is 3.34. The quantitative estimate of drug-likeness (QED) is 0.623. The molecule has 0 saturated heterocycles. The van der Waals surface area contributed by atoms with Gasteiger partial charge < -0.3 is 15.5 Å². The fourth-order valence-corrected chi connectivity index (χ4v) is 1.28. The number of phenolic OH excluding ortho intramolecular Hbond substituents is 1. The predicted molar refractivity (Wildman–Crippen MR) is 56.2 cm³/mol. The zero-order valence-electron chi connectivity index (χ0n) is 8.40. The molecule has 3 heteroatoms. The Labute approximate surface area is 84.4 Å². The van der Waals surface area contributed by atoms with E-state index in [1.165, 1.54) is 0 Å². The highest BCUT2D eigenvalue weighted by atomic mass is 16.3. The van der Waals surface area contributed by atoms with Crippen LogP contribution in [0, 0.1) is 0 Å². The molecular weight excluding hydrogens is 178 g/mol. The lowest BCUT2D eigenvalue weighted by Gasteiger charge is -2.13. The molecule has 3 nitrogen and oxygen atoms in total. The Morgan fingerprint density at radius 3 is 2.50 bits per heavy atom. The van der Waals surface area contributed by atoms with Crippen molar-refractivity contribution in [3.05, 3.63) is 29.8 Å². The van der Waals surface area contributed by atoms with E-state index in [0.29, 0.717) is 0 Å². The maximum atomic E-state index is 9.10. The highest BCUT2D eigenvalue weighted by Crippen LogP contribution is 2.15. The number of aliphatic hydroxyl groups excluding tert-OH is 1. The molecule has 78 valence electrons. The van der Waals surface area contributed by atoms with E-state index in [-0.39, 0.29) is 18.4 Å². The van der Waals surface area contributed by atoms with E-state index in [9.17, 15) is 0 Å². The number of nitrogens with one attached hydrogen (secondary N) is 1. The Morgan fingerprint density at radius 2 is 1.93 bits per heavy atom. The van der Waals surface area contributed by atoms with Crippen molar-refractivity contribution < 1.29 is 10.2 Å². The zero-order valence-corrected chi connectivity index (χ0v) is 8.40.